The van der Waals surface area contributed by atoms with Crippen LogP contribution in [0.1, 0.15) is 23.2 Å². The van der Waals surface area contributed by atoms with Gasteiger partial charge >= 0.3 is 0 Å². The van der Waals surface area contributed by atoms with Gasteiger partial charge in [-0.3, -0.25) is 4.79 Å². The van der Waals surface area contributed by atoms with Crippen molar-refractivity contribution in [2.45, 2.75) is 19.9 Å². The Hall–Kier alpha value is -0.770. The third-order valence-corrected chi connectivity index (χ3v) is 3.09. The fourth-order valence-corrected chi connectivity index (χ4v) is 1.46. The zero-order chi connectivity index (χ0) is 10.7. The van der Waals surface area contributed by atoms with Crippen molar-refractivity contribution in [2.24, 2.45) is 0 Å². The molecule has 0 N–H and O–H groups in total. The molecule has 1 heterocycles. The third kappa shape index (κ3) is 2.38. The van der Waals surface area contributed by atoms with Crippen LogP contribution in [-0.4, -0.2) is 29.2 Å². The highest BCUT2D eigenvalue weighted by Gasteiger charge is 2.18. The number of carbonyl (C=O) groups is 1. The molecule has 0 aliphatic heterocycles. The van der Waals surface area contributed by atoms with Crippen molar-refractivity contribution in [2.75, 3.05) is 12.4 Å². The number of aryl methyl sites for hydroxylation is 1. The number of rotatable bonds is 3. The van der Waals surface area contributed by atoms with Crippen LogP contribution in [0.4, 0.5) is 0 Å². The van der Waals surface area contributed by atoms with Gasteiger partial charge in [0, 0.05) is 18.4 Å². The van der Waals surface area contributed by atoms with Crippen LogP contribution in [0, 0.1) is 6.92 Å². The minimum atomic E-state index is -0.0787. The Morgan fingerprint density at radius 3 is 2.71 bits per heavy atom. The van der Waals surface area contributed by atoms with Crippen molar-refractivity contribution in [1.82, 2.24) is 4.90 Å². The Bertz CT molecular complexity index is 322. The normalized spacial score (nSPS) is 12.6. The molecule has 0 aromatic carbocycles. The van der Waals surface area contributed by atoms with Gasteiger partial charge in [0.1, 0.15) is 5.76 Å². The van der Waals surface area contributed by atoms with E-state index in [0.717, 1.165) is 11.1 Å². The average Bonchev–Trinajstić information content (AvgIpc) is 2.61. The smallest absolute Gasteiger partial charge is 0.289 e. The topological polar surface area (TPSA) is 33.5 Å². The summed E-state index contributed by atoms with van der Waals surface area (Å²) >= 11 is 3.34. The first-order valence-corrected chi connectivity index (χ1v) is 5.58. The SMILES string of the molecule is Cc1ccc(C(=O)N(C)C(C)CBr)o1. The Morgan fingerprint density at radius 2 is 2.29 bits per heavy atom. The monoisotopic (exact) mass is 259 g/mol. The fourth-order valence-electron chi connectivity index (χ4n) is 1.03. The molecule has 1 aromatic rings. The van der Waals surface area contributed by atoms with E-state index in [1.54, 1.807) is 24.1 Å². The van der Waals surface area contributed by atoms with Crippen molar-refractivity contribution < 1.29 is 9.21 Å². The predicted octanol–water partition coefficient (Wildman–Crippen LogP) is 2.44. The van der Waals surface area contributed by atoms with E-state index in [1.807, 2.05) is 13.8 Å². The zero-order valence-corrected chi connectivity index (χ0v) is 10.2. The molecule has 0 radical (unpaired) electrons. The van der Waals surface area contributed by atoms with Crippen LogP contribution in [0.15, 0.2) is 16.5 Å². The van der Waals surface area contributed by atoms with Crippen molar-refractivity contribution in [3.8, 4) is 0 Å². The summed E-state index contributed by atoms with van der Waals surface area (Å²) in [6, 6.07) is 3.66. The molecule has 1 rings (SSSR count). The molecule has 0 saturated carbocycles. The van der Waals surface area contributed by atoms with Gasteiger partial charge in [0.25, 0.3) is 5.91 Å². The Kier molecular flexibility index (Phi) is 3.75. The number of alkyl halides is 1. The van der Waals surface area contributed by atoms with Gasteiger partial charge in [0.05, 0.1) is 0 Å². The highest BCUT2D eigenvalue weighted by atomic mass is 79.9. The second-order valence-electron chi connectivity index (χ2n) is 3.33. The largest absolute Gasteiger partial charge is 0.456 e. The molecule has 14 heavy (non-hydrogen) atoms. The summed E-state index contributed by atoms with van der Waals surface area (Å²) in [5.74, 6) is 1.08. The van der Waals surface area contributed by atoms with Gasteiger partial charge in [-0.15, -0.1) is 0 Å². The van der Waals surface area contributed by atoms with Gasteiger partial charge in [-0.1, -0.05) is 15.9 Å². The summed E-state index contributed by atoms with van der Waals surface area (Å²) in [7, 11) is 1.77. The first kappa shape index (κ1) is 11.3. The van der Waals surface area contributed by atoms with Crippen molar-refractivity contribution in [3.05, 3.63) is 23.7 Å². The maximum absolute atomic E-state index is 11.8. The zero-order valence-electron chi connectivity index (χ0n) is 8.58. The molecular weight excluding hydrogens is 246 g/mol. The molecule has 0 spiro atoms. The summed E-state index contributed by atoms with van der Waals surface area (Å²) in [5.41, 5.74) is 0. The van der Waals surface area contributed by atoms with Gasteiger partial charge < -0.3 is 9.32 Å². The van der Waals surface area contributed by atoms with Crippen LogP contribution in [0.3, 0.4) is 0 Å². The molecule has 4 heteroatoms. The first-order chi connectivity index (χ1) is 6.56. The van der Waals surface area contributed by atoms with E-state index in [1.165, 1.54) is 0 Å². The molecule has 0 aliphatic rings. The second kappa shape index (κ2) is 4.64. The van der Waals surface area contributed by atoms with Gasteiger partial charge in [-0.05, 0) is 26.0 Å². The maximum Gasteiger partial charge on any atom is 0.289 e. The summed E-state index contributed by atoms with van der Waals surface area (Å²) < 4.78 is 5.25. The third-order valence-electron chi connectivity index (χ3n) is 2.16. The highest BCUT2D eigenvalue weighted by Crippen LogP contribution is 2.11. The van der Waals surface area contributed by atoms with Crippen LogP contribution in [0.25, 0.3) is 0 Å². The molecule has 0 bridgehead atoms. The van der Waals surface area contributed by atoms with E-state index in [2.05, 4.69) is 15.9 Å². The van der Waals surface area contributed by atoms with E-state index < -0.39 is 0 Å². The molecule has 1 amide bonds. The van der Waals surface area contributed by atoms with Crippen LogP contribution < -0.4 is 0 Å². The minimum Gasteiger partial charge on any atom is -0.456 e. The maximum atomic E-state index is 11.8. The number of halogens is 1. The number of amides is 1. The first-order valence-electron chi connectivity index (χ1n) is 4.45. The molecule has 0 saturated heterocycles. The number of hydrogen-bond acceptors (Lipinski definition) is 2. The van der Waals surface area contributed by atoms with Gasteiger partial charge in [0.2, 0.25) is 0 Å². The summed E-state index contributed by atoms with van der Waals surface area (Å²) in [4.78, 5) is 13.4. The second-order valence-corrected chi connectivity index (χ2v) is 3.98. The van der Waals surface area contributed by atoms with Crippen LogP contribution in [0.5, 0.6) is 0 Å². The molecule has 1 aromatic heterocycles. The van der Waals surface area contributed by atoms with Gasteiger partial charge in [-0.25, -0.2) is 0 Å². The van der Waals surface area contributed by atoms with E-state index >= 15 is 0 Å². The molecule has 0 fully saturated rings. The standard InChI is InChI=1S/C10H14BrNO2/c1-7(6-11)12(3)10(13)9-5-4-8(2)14-9/h4-5,7H,6H2,1-3H3. The number of nitrogens with zero attached hydrogens (tertiary/aromatic N) is 1. The number of hydrogen-bond donors (Lipinski definition) is 0. The molecule has 1 unspecified atom stereocenters. The lowest BCUT2D eigenvalue weighted by atomic mass is 10.3. The minimum absolute atomic E-state index is 0.0787. The summed E-state index contributed by atoms with van der Waals surface area (Å²) in [6.45, 7) is 3.80. The van der Waals surface area contributed by atoms with Crippen LogP contribution in [-0.2, 0) is 0 Å². The van der Waals surface area contributed by atoms with Crippen molar-refractivity contribution in [3.63, 3.8) is 0 Å². The van der Waals surface area contributed by atoms with Gasteiger partial charge in [-0.2, -0.15) is 0 Å². The quantitative estimate of drug-likeness (QED) is 0.782. The summed E-state index contributed by atoms with van der Waals surface area (Å²) in [5, 5.41) is 0.759. The van der Waals surface area contributed by atoms with E-state index in [0.29, 0.717) is 5.76 Å². The van der Waals surface area contributed by atoms with E-state index in [-0.39, 0.29) is 11.9 Å². The average molecular weight is 260 g/mol. The fraction of sp³-hybridized carbons (Fsp3) is 0.500. The molecule has 3 nitrogen and oxygen atoms in total. The molecule has 1 atom stereocenters. The van der Waals surface area contributed by atoms with Crippen LogP contribution >= 0.6 is 15.9 Å². The predicted molar refractivity (Wildman–Crippen MR) is 58.8 cm³/mol. The number of carbonyl (C=O) groups excluding carboxylic acids is 1. The molecule has 0 aliphatic carbocycles. The summed E-state index contributed by atoms with van der Waals surface area (Å²) in [6.07, 6.45) is 0. The lowest BCUT2D eigenvalue weighted by Crippen LogP contribution is -2.35. The lowest BCUT2D eigenvalue weighted by Gasteiger charge is -2.21. The Balaban J connectivity index is 2.75. The van der Waals surface area contributed by atoms with Gasteiger partial charge in [0.15, 0.2) is 5.76 Å². The highest BCUT2D eigenvalue weighted by molar-refractivity contribution is 9.09. The van der Waals surface area contributed by atoms with Crippen molar-refractivity contribution >= 4 is 21.8 Å². The lowest BCUT2D eigenvalue weighted by molar-refractivity contribution is 0.0724. The van der Waals surface area contributed by atoms with E-state index in [4.69, 9.17) is 4.42 Å². The van der Waals surface area contributed by atoms with Crippen LogP contribution in [0.2, 0.25) is 0 Å². The Morgan fingerprint density at radius 1 is 1.64 bits per heavy atom. The molecule has 78 valence electrons. The Labute approximate surface area is 92.2 Å². The number of furan rings is 1. The van der Waals surface area contributed by atoms with Crippen molar-refractivity contribution in [1.29, 1.82) is 0 Å². The molecular formula is C10H14BrNO2. The van der Waals surface area contributed by atoms with E-state index in [9.17, 15) is 4.79 Å².